The first-order chi connectivity index (χ1) is 10.7. The first kappa shape index (κ1) is 18.5. The van der Waals surface area contributed by atoms with Gasteiger partial charge in [0.15, 0.2) is 0 Å². The minimum absolute atomic E-state index is 0.305. The summed E-state index contributed by atoms with van der Waals surface area (Å²) in [5, 5.41) is 4.98. The van der Waals surface area contributed by atoms with Crippen molar-refractivity contribution in [2.75, 3.05) is 6.54 Å². The predicted molar refractivity (Wildman–Crippen MR) is 82.8 cm³/mol. The fourth-order valence-corrected chi connectivity index (χ4v) is 1.79. The van der Waals surface area contributed by atoms with Gasteiger partial charge in [-0.25, -0.2) is 14.6 Å². The monoisotopic (exact) mass is 325 g/mol. The average molecular weight is 325 g/mol. The lowest BCUT2D eigenvalue weighted by Crippen LogP contribution is -2.45. The molecule has 128 valence electrons. The van der Waals surface area contributed by atoms with Crippen LogP contribution in [0.25, 0.3) is 0 Å². The van der Waals surface area contributed by atoms with Crippen LogP contribution >= 0.6 is 0 Å². The Hall–Kier alpha value is -2.58. The summed E-state index contributed by atoms with van der Waals surface area (Å²) < 4.78 is 6.44. The van der Waals surface area contributed by atoms with Crippen LogP contribution in [0.5, 0.6) is 0 Å². The number of primary amides is 1. The van der Waals surface area contributed by atoms with Gasteiger partial charge in [0.2, 0.25) is 0 Å². The van der Waals surface area contributed by atoms with Gasteiger partial charge in [-0.05, 0) is 33.6 Å². The Bertz CT molecular complexity index is 536. The highest BCUT2D eigenvalue weighted by atomic mass is 16.6. The van der Waals surface area contributed by atoms with E-state index in [2.05, 4.69) is 15.6 Å². The van der Waals surface area contributed by atoms with Gasteiger partial charge in [-0.3, -0.25) is 9.36 Å². The topological polar surface area (TPSA) is 128 Å². The van der Waals surface area contributed by atoms with Gasteiger partial charge in [0, 0.05) is 18.9 Å². The number of urea groups is 1. The highest BCUT2D eigenvalue weighted by Gasteiger charge is 2.25. The van der Waals surface area contributed by atoms with Crippen LogP contribution in [0, 0.1) is 0 Å². The predicted octanol–water partition coefficient (Wildman–Crippen LogP) is 0.865. The maximum absolute atomic E-state index is 12.4. The van der Waals surface area contributed by atoms with E-state index in [0.29, 0.717) is 19.4 Å². The van der Waals surface area contributed by atoms with Crippen molar-refractivity contribution in [2.24, 2.45) is 5.73 Å². The molecule has 9 nitrogen and oxygen atoms in total. The summed E-state index contributed by atoms with van der Waals surface area (Å²) in [6.07, 6.45) is 4.41. The maximum atomic E-state index is 12.4. The lowest BCUT2D eigenvalue weighted by Gasteiger charge is -2.23. The van der Waals surface area contributed by atoms with E-state index in [0.717, 1.165) is 0 Å². The fourth-order valence-electron chi connectivity index (χ4n) is 1.79. The number of nitrogens with two attached hydrogens (primary N) is 1. The van der Waals surface area contributed by atoms with E-state index in [1.165, 1.54) is 23.3 Å². The molecular weight excluding hydrogens is 302 g/mol. The SMILES string of the molecule is CC(C)(C)OC(=O)N[C@@H](CCCNC(N)=O)C(=O)n1ccnc1. The van der Waals surface area contributed by atoms with Crippen molar-refractivity contribution in [2.45, 2.75) is 45.3 Å². The Balaban J connectivity index is 2.66. The van der Waals surface area contributed by atoms with Crippen LogP contribution in [0.2, 0.25) is 0 Å². The summed E-state index contributed by atoms with van der Waals surface area (Å²) in [7, 11) is 0. The molecule has 0 radical (unpaired) electrons. The smallest absolute Gasteiger partial charge is 0.408 e. The van der Waals surface area contributed by atoms with E-state index in [1.807, 2.05) is 0 Å². The van der Waals surface area contributed by atoms with E-state index in [9.17, 15) is 14.4 Å². The molecule has 0 aliphatic carbocycles. The molecule has 0 aliphatic rings. The summed E-state index contributed by atoms with van der Waals surface area (Å²) in [6.45, 7) is 5.50. The van der Waals surface area contributed by atoms with Gasteiger partial charge in [-0.1, -0.05) is 0 Å². The normalized spacial score (nSPS) is 12.3. The second-order valence-corrected chi connectivity index (χ2v) is 5.94. The van der Waals surface area contributed by atoms with Crippen molar-refractivity contribution in [3.63, 3.8) is 0 Å². The number of carbonyl (C=O) groups excluding carboxylic acids is 3. The number of imidazole rings is 1. The van der Waals surface area contributed by atoms with E-state index < -0.39 is 23.8 Å². The van der Waals surface area contributed by atoms with Crippen molar-refractivity contribution < 1.29 is 19.1 Å². The number of aromatic nitrogens is 2. The molecule has 0 spiro atoms. The zero-order valence-electron chi connectivity index (χ0n) is 13.5. The Morgan fingerprint density at radius 2 is 2.04 bits per heavy atom. The molecular formula is C14H23N5O4. The summed E-state index contributed by atoms with van der Waals surface area (Å²) in [5.41, 5.74) is 4.31. The number of hydrogen-bond acceptors (Lipinski definition) is 5. The van der Waals surface area contributed by atoms with Crippen molar-refractivity contribution in [3.8, 4) is 0 Å². The third-order valence-electron chi connectivity index (χ3n) is 2.72. The van der Waals surface area contributed by atoms with Crippen LogP contribution in [0.15, 0.2) is 18.7 Å². The van der Waals surface area contributed by atoms with Gasteiger partial charge in [0.05, 0.1) is 0 Å². The summed E-state index contributed by atoms with van der Waals surface area (Å²) in [5.74, 6) is -0.340. The van der Waals surface area contributed by atoms with Gasteiger partial charge in [0.25, 0.3) is 5.91 Å². The lowest BCUT2D eigenvalue weighted by molar-refractivity contribution is 0.0478. The Kier molecular flexibility index (Phi) is 6.55. The van der Waals surface area contributed by atoms with Crippen molar-refractivity contribution in [1.82, 2.24) is 20.2 Å². The standard InChI is InChI=1S/C14H23N5O4/c1-14(2,3)23-13(22)18-10(5-4-6-17-12(15)21)11(20)19-8-7-16-9-19/h7-10H,4-6H2,1-3H3,(H,18,22)(H3,15,17,21)/t10-/m0/s1. The van der Waals surface area contributed by atoms with E-state index >= 15 is 0 Å². The fraction of sp³-hybridized carbons (Fsp3) is 0.571. The van der Waals surface area contributed by atoms with Gasteiger partial charge in [0.1, 0.15) is 18.0 Å². The third kappa shape index (κ3) is 7.30. The van der Waals surface area contributed by atoms with E-state index in [4.69, 9.17) is 10.5 Å². The van der Waals surface area contributed by atoms with E-state index in [1.54, 1.807) is 20.8 Å². The number of ether oxygens (including phenoxy) is 1. The molecule has 1 heterocycles. The third-order valence-corrected chi connectivity index (χ3v) is 2.72. The van der Waals surface area contributed by atoms with Crippen LogP contribution in [0.4, 0.5) is 9.59 Å². The maximum Gasteiger partial charge on any atom is 0.408 e. The van der Waals surface area contributed by atoms with Gasteiger partial charge in [-0.2, -0.15) is 0 Å². The summed E-state index contributed by atoms with van der Waals surface area (Å²) in [4.78, 5) is 38.7. The second kappa shape index (κ2) is 8.16. The Morgan fingerprint density at radius 1 is 1.35 bits per heavy atom. The molecule has 1 aromatic rings. The first-order valence-electron chi connectivity index (χ1n) is 7.24. The molecule has 1 aromatic heterocycles. The highest BCUT2D eigenvalue weighted by molar-refractivity contribution is 5.87. The van der Waals surface area contributed by atoms with Gasteiger partial charge >= 0.3 is 12.1 Å². The molecule has 3 amide bonds. The molecule has 0 bridgehead atoms. The van der Waals surface area contributed by atoms with Crippen LogP contribution in [-0.4, -0.2) is 45.8 Å². The second-order valence-electron chi connectivity index (χ2n) is 5.94. The molecule has 0 fully saturated rings. The molecule has 4 N–H and O–H groups in total. The molecule has 1 atom stereocenters. The molecule has 0 aromatic carbocycles. The van der Waals surface area contributed by atoms with Crippen molar-refractivity contribution in [3.05, 3.63) is 18.7 Å². The molecule has 0 saturated carbocycles. The lowest BCUT2D eigenvalue weighted by atomic mass is 10.1. The van der Waals surface area contributed by atoms with Crippen molar-refractivity contribution in [1.29, 1.82) is 0 Å². The molecule has 23 heavy (non-hydrogen) atoms. The number of nitrogens with zero attached hydrogens (tertiary/aromatic N) is 2. The van der Waals surface area contributed by atoms with Crippen LogP contribution in [-0.2, 0) is 4.74 Å². The quantitative estimate of drug-likeness (QED) is 0.668. The van der Waals surface area contributed by atoms with Gasteiger partial charge in [-0.15, -0.1) is 0 Å². The van der Waals surface area contributed by atoms with Crippen LogP contribution < -0.4 is 16.4 Å². The number of carbonyl (C=O) groups is 3. The number of amides is 3. The molecule has 0 unspecified atom stereocenters. The molecule has 1 rings (SSSR count). The Labute approximate surface area is 134 Å². The zero-order valence-corrected chi connectivity index (χ0v) is 13.5. The molecule has 0 aliphatic heterocycles. The van der Waals surface area contributed by atoms with Gasteiger partial charge < -0.3 is 21.1 Å². The first-order valence-corrected chi connectivity index (χ1v) is 7.24. The number of alkyl carbamates (subject to hydrolysis) is 1. The summed E-state index contributed by atoms with van der Waals surface area (Å²) >= 11 is 0. The van der Waals surface area contributed by atoms with Crippen molar-refractivity contribution >= 4 is 18.0 Å². The highest BCUT2D eigenvalue weighted by Crippen LogP contribution is 2.08. The largest absolute Gasteiger partial charge is 0.444 e. The number of nitrogens with one attached hydrogen (secondary N) is 2. The van der Waals surface area contributed by atoms with E-state index in [-0.39, 0.29) is 5.91 Å². The number of hydrogen-bond donors (Lipinski definition) is 3. The minimum atomic E-state index is -0.797. The average Bonchev–Trinajstić information content (AvgIpc) is 2.93. The summed E-state index contributed by atoms with van der Waals surface area (Å²) in [6, 6.07) is -1.43. The van der Waals surface area contributed by atoms with Crippen LogP contribution in [0.3, 0.4) is 0 Å². The molecule has 9 heteroatoms. The Morgan fingerprint density at radius 3 is 2.57 bits per heavy atom. The molecule has 0 saturated heterocycles. The zero-order chi connectivity index (χ0) is 17.5. The minimum Gasteiger partial charge on any atom is -0.444 e. The van der Waals surface area contributed by atoms with Crippen LogP contribution in [0.1, 0.15) is 38.4 Å². The number of rotatable bonds is 6.